The third-order valence-corrected chi connectivity index (χ3v) is 3.98. The predicted molar refractivity (Wildman–Crippen MR) is 73.4 cm³/mol. The number of alkyl halides is 2. The molecule has 1 aliphatic heterocycles. The van der Waals surface area contributed by atoms with Crippen LogP contribution in [-0.2, 0) is 0 Å². The molecule has 2 unspecified atom stereocenters. The standard InChI is InChI=1S/C15H22F2N2/c1-18-10-13-7-4-8-19(2)14(13)11-5-3-6-12(9-11)15(16)17/h3,5-6,9,13-15,18H,4,7-8,10H2,1-2H3. The molecule has 0 aromatic heterocycles. The van der Waals surface area contributed by atoms with Crippen molar-refractivity contribution in [2.45, 2.75) is 25.3 Å². The van der Waals surface area contributed by atoms with E-state index in [2.05, 4.69) is 17.3 Å². The Kier molecular flexibility index (Phi) is 4.88. The van der Waals surface area contributed by atoms with E-state index in [1.165, 1.54) is 12.5 Å². The van der Waals surface area contributed by atoms with Gasteiger partial charge in [0.2, 0.25) is 0 Å². The first kappa shape index (κ1) is 14.4. The zero-order valence-corrected chi connectivity index (χ0v) is 11.6. The zero-order chi connectivity index (χ0) is 13.8. The summed E-state index contributed by atoms with van der Waals surface area (Å²) in [6.45, 7) is 1.96. The van der Waals surface area contributed by atoms with Crippen LogP contribution in [0.1, 0.15) is 36.4 Å². The molecular formula is C15H22F2N2. The summed E-state index contributed by atoms with van der Waals surface area (Å²) in [4.78, 5) is 2.29. The molecule has 0 bridgehead atoms. The van der Waals surface area contributed by atoms with E-state index in [-0.39, 0.29) is 11.6 Å². The van der Waals surface area contributed by atoms with Gasteiger partial charge < -0.3 is 5.32 Å². The van der Waals surface area contributed by atoms with Gasteiger partial charge in [-0.1, -0.05) is 18.2 Å². The van der Waals surface area contributed by atoms with Crippen molar-refractivity contribution < 1.29 is 8.78 Å². The van der Waals surface area contributed by atoms with Crippen LogP contribution in [-0.4, -0.2) is 32.1 Å². The van der Waals surface area contributed by atoms with Gasteiger partial charge in [0.15, 0.2) is 0 Å². The molecule has 2 rings (SSSR count). The van der Waals surface area contributed by atoms with E-state index in [0.717, 1.165) is 25.1 Å². The molecule has 0 radical (unpaired) electrons. The van der Waals surface area contributed by atoms with Crippen molar-refractivity contribution in [1.82, 2.24) is 10.2 Å². The van der Waals surface area contributed by atoms with E-state index in [1.54, 1.807) is 12.1 Å². The van der Waals surface area contributed by atoms with Crippen molar-refractivity contribution in [3.8, 4) is 0 Å². The first-order valence-electron chi connectivity index (χ1n) is 6.86. The summed E-state index contributed by atoms with van der Waals surface area (Å²) in [5, 5.41) is 3.22. The summed E-state index contributed by atoms with van der Waals surface area (Å²) in [5.74, 6) is 0.483. The molecule has 0 spiro atoms. The molecule has 2 atom stereocenters. The SMILES string of the molecule is CNCC1CCCN(C)C1c1cccc(C(F)F)c1. The van der Waals surface area contributed by atoms with E-state index in [4.69, 9.17) is 0 Å². The minimum atomic E-state index is -2.39. The highest BCUT2D eigenvalue weighted by atomic mass is 19.3. The van der Waals surface area contributed by atoms with Crippen molar-refractivity contribution in [3.63, 3.8) is 0 Å². The molecule has 1 fully saturated rings. The second kappa shape index (κ2) is 6.44. The number of piperidine rings is 1. The second-order valence-electron chi connectivity index (χ2n) is 5.36. The quantitative estimate of drug-likeness (QED) is 0.902. The van der Waals surface area contributed by atoms with Gasteiger partial charge in [0.25, 0.3) is 6.43 Å². The van der Waals surface area contributed by atoms with Crippen LogP contribution in [0.25, 0.3) is 0 Å². The average molecular weight is 268 g/mol. The molecule has 19 heavy (non-hydrogen) atoms. The number of nitrogens with zero attached hydrogens (tertiary/aromatic N) is 1. The maximum absolute atomic E-state index is 12.8. The summed E-state index contributed by atoms with van der Waals surface area (Å²) in [5.41, 5.74) is 1.14. The molecule has 2 nitrogen and oxygen atoms in total. The highest BCUT2D eigenvalue weighted by Crippen LogP contribution is 2.35. The third-order valence-electron chi connectivity index (χ3n) is 3.98. The van der Waals surface area contributed by atoms with E-state index >= 15 is 0 Å². The molecule has 1 aromatic rings. The van der Waals surface area contributed by atoms with Crippen LogP contribution < -0.4 is 5.32 Å². The Hall–Kier alpha value is -1.00. The number of hydrogen-bond donors (Lipinski definition) is 1. The van der Waals surface area contributed by atoms with Crippen molar-refractivity contribution in [3.05, 3.63) is 35.4 Å². The minimum Gasteiger partial charge on any atom is -0.319 e. The Morgan fingerprint density at radius 3 is 2.89 bits per heavy atom. The second-order valence-corrected chi connectivity index (χ2v) is 5.36. The van der Waals surface area contributed by atoms with Gasteiger partial charge in [0, 0.05) is 11.6 Å². The molecule has 1 aromatic carbocycles. The normalized spacial score (nSPS) is 24.9. The van der Waals surface area contributed by atoms with Crippen LogP contribution in [0.15, 0.2) is 24.3 Å². The van der Waals surface area contributed by atoms with Crippen LogP contribution in [0.5, 0.6) is 0 Å². The first-order valence-corrected chi connectivity index (χ1v) is 6.86. The predicted octanol–water partition coefficient (Wildman–Crippen LogP) is 3.23. The smallest absolute Gasteiger partial charge is 0.263 e. The average Bonchev–Trinajstić information content (AvgIpc) is 2.39. The largest absolute Gasteiger partial charge is 0.319 e. The summed E-state index contributed by atoms with van der Waals surface area (Å²) in [6, 6.07) is 7.13. The van der Waals surface area contributed by atoms with Crippen LogP contribution in [0.3, 0.4) is 0 Å². The maximum atomic E-state index is 12.8. The number of benzene rings is 1. The Morgan fingerprint density at radius 1 is 1.42 bits per heavy atom. The summed E-state index contributed by atoms with van der Waals surface area (Å²) < 4.78 is 25.7. The van der Waals surface area contributed by atoms with Crippen LogP contribution >= 0.6 is 0 Å². The van der Waals surface area contributed by atoms with Gasteiger partial charge in [-0.05, 0) is 57.6 Å². The topological polar surface area (TPSA) is 15.3 Å². The lowest BCUT2D eigenvalue weighted by molar-refractivity contribution is 0.119. The Balaban J connectivity index is 2.27. The maximum Gasteiger partial charge on any atom is 0.263 e. The van der Waals surface area contributed by atoms with Crippen molar-refractivity contribution in [2.75, 3.05) is 27.2 Å². The lowest BCUT2D eigenvalue weighted by atomic mass is 9.84. The number of hydrogen-bond acceptors (Lipinski definition) is 2. The van der Waals surface area contributed by atoms with Crippen LogP contribution in [0.2, 0.25) is 0 Å². The monoisotopic (exact) mass is 268 g/mol. The molecular weight excluding hydrogens is 246 g/mol. The number of nitrogens with one attached hydrogen (secondary N) is 1. The molecule has 106 valence electrons. The Morgan fingerprint density at radius 2 is 2.21 bits per heavy atom. The van der Waals surface area contributed by atoms with Crippen LogP contribution in [0, 0.1) is 5.92 Å². The van der Waals surface area contributed by atoms with Gasteiger partial charge in [0.1, 0.15) is 0 Å². The van der Waals surface area contributed by atoms with Gasteiger partial charge in [0.05, 0.1) is 0 Å². The van der Waals surface area contributed by atoms with E-state index in [9.17, 15) is 8.78 Å². The summed E-state index contributed by atoms with van der Waals surface area (Å²) in [6.07, 6.45) is -0.0700. The van der Waals surface area contributed by atoms with E-state index < -0.39 is 6.43 Å². The Bertz CT molecular complexity index is 407. The fraction of sp³-hybridized carbons (Fsp3) is 0.600. The van der Waals surface area contributed by atoms with Gasteiger partial charge in [-0.3, -0.25) is 4.90 Å². The Labute approximate surface area is 113 Å². The number of halogens is 2. The third kappa shape index (κ3) is 3.31. The number of rotatable bonds is 4. The molecule has 4 heteroatoms. The lowest BCUT2D eigenvalue weighted by Gasteiger charge is -2.39. The van der Waals surface area contributed by atoms with Crippen molar-refractivity contribution >= 4 is 0 Å². The van der Waals surface area contributed by atoms with Gasteiger partial charge in [-0.25, -0.2) is 8.78 Å². The fourth-order valence-corrected chi connectivity index (χ4v) is 3.14. The first-order chi connectivity index (χ1) is 9.13. The van der Waals surface area contributed by atoms with Gasteiger partial charge >= 0.3 is 0 Å². The van der Waals surface area contributed by atoms with Crippen molar-refractivity contribution in [1.29, 1.82) is 0 Å². The molecule has 1 saturated heterocycles. The molecule has 1 N–H and O–H groups in total. The summed E-state index contributed by atoms with van der Waals surface area (Å²) in [7, 11) is 4.03. The minimum absolute atomic E-state index is 0.125. The van der Waals surface area contributed by atoms with Gasteiger partial charge in [-0.2, -0.15) is 0 Å². The van der Waals surface area contributed by atoms with E-state index in [1.807, 2.05) is 13.1 Å². The van der Waals surface area contributed by atoms with Crippen LogP contribution in [0.4, 0.5) is 8.78 Å². The van der Waals surface area contributed by atoms with E-state index in [0.29, 0.717) is 5.92 Å². The molecule has 0 amide bonds. The molecule has 0 aliphatic carbocycles. The van der Waals surface area contributed by atoms with Gasteiger partial charge in [-0.15, -0.1) is 0 Å². The fourth-order valence-electron chi connectivity index (χ4n) is 3.14. The zero-order valence-electron chi connectivity index (χ0n) is 11.6. The highest BCUT2D eigenvalue weighted by Gasteiger charge is 2.30. The summed E-state index contributed by atoms with van der Waals surface area (Å²) >= 11 is 0. The molecule has 1 heterocycles. The lowest BCUT2D eigenvalue weighted by Crippen LogP contribution is -2.39. The van der Waals surface area contributed by atoms with Crippen molar-refractivity contribution in [2.24, 2.45) is 5.92 Å². The highest BCUT2D eigenvalue weighted by molar-refractivity contribution is 5.27. The number of likely N-dealkylation sites (tertiary alicyclic amines) is 1. The molecule has 0 saturated carbocycles. The molecule has 1 aliphatic rings.